The lowest BCUT2D eigenvalue weighted by Gasteiger charge is -2.08. The van der Waals surface area contributed by atoms with E-state index in [9.17, 15) is 24.5 Å². The van der Waals surface area contributed by atoms with Gasteiger partial charge in [-0.2, -0.15) is 0 Å². The molecular formula is C21H14N4O5. The number of rotatable bonds is 4. The molecule has 0 aliphatic rings. The standard InChI is InChI=1S/C21H14N4O5/c26-19(22-14-7-11-16(12-8-14)25(29)30)13-5-9-15(10-6-13)24-20(27)17-3-1-2-4-18(17)23-21(24)28/h1-12H,(H,22,26)(H,23,28). The molecule has 3 aromatic carbocycles. The van der Waals surface area contributed by atoms with Crippen molar-refractivity contribution in [1.29, 1.82) is 0 Å². The van der Waals surface area contributed by atoms with E-state index in [0.717, 1.165) is 4.57 Å². The molecule has 9 heteroatoms. The largest absolute Gasteiger partial charge is 0.333 e. The number of nitrogens with one attached hydrogen (secondary N) is 2. The van der Waals surface area contributed by atoms with Crippen molar-refractivity contribution in [2.24, 2.45) is 0 Å². The van der Waals surface area contributed by atoms with Crippen LogP contribution in [0, 0.1) is 10.1 Å². The number of non-ortho nitro benzene ring substituents is 1. The molecule has 2 N–H and O–H groups in total. The Bertz CT molecular complexity index is 1390. The number of anilines is 1. The highest BCUT2D eigenvalue weighted by Crippen LogP contribution is 2.17. The molecule has 0 spiro atoms. The van der Waals surface area contributed by atoms with Gasteiger partial charge in [-0.3, -0.25) is 19.7 Å². The fraction of sp³-hybridized carbons (Fsp3) is 0. The van der Waals surface area contributed by atoms with Gasteiger partial charge in [0.1, 0.15) is 0 Å². The number of hydrogen-bond donors (Lipinski definition) is 2. The molecule has 1 aromatic heterocycles. The molecule has 0 unspecified atom stereocenters. The summed E-state index contributed by atoms with van der Waals surface area (Å²) in [7, 11) is 0. The number of fused-ring (bicyclic) bond motifs is 1. The zero-order valence-corrected chi connectivity index (χ0v) is 15.4. The van der Waals surface area contributed by atoms with E-state index in [1.165, 1.54) is 48.5 Å². The molecular weight excluding hydrogens is 388 g/mol. The van der Waals surface area contributed by atoms with Gasteiger partial charge in [0, 0.05) is 23.4 Å². The maximum Gasteiger partial charge on any atom is 0.333 e. The second-order valence-corrected chi connectivity index (χ2v) is 6.42. The van der Waals surface area contributed by atoms with E-state index in [2.05, 4.69) is 10.3 Å². The molecule has 0 radical (unpaired) electrons. The molecule has 0 aliphatic carbocycles. The van der Waals surface area contributed by atoms with Crippen LogP contribution < -0.4 is 16.6 Å². The number of aromatic amines is 1. The van der Waals surface area contributed by atoms with Gasteiger partial charge in [0.2, 0.25) is 0 Å². The van der Waals surface area contributed by atoms with Crippen molar-refractivity contribution in [3.63, 3.8) is 0 Å². The highest BCUT2D eigenvalue weighted by Gasteiger charge is 2.12. The summed E-state index contributed by atoms with van der Waals surface area (Å²) >= 11 is 0. The minimum Gasteiger partial charge on any atom is -0.322 e. The van der Waals surface area contributed by atoms with Crippen molar-refractivity contribution in [2.45, 2.75) is 0 Å². The molecule has 1 heterocycles. The number of nitrogens with zero attached hydrogens (tertiary/aromatic N) is 2. The lowest BCUT2D eigenvalue weighted by molar-refractivity contribution is -0.384. The Hall–Kier alpha value is -4.53. The summed E-state index contributed by atoms with van der Waals surface area (Å²) in [5, 5.41) is 13.7. The van der Waals surface area contributed by atoms with Gasteiger partial charge in [-0.15, -0.1) is 0 Å². The Morgan fingerprint density at radius 1 is 0.933 bits per heavy atom. The molecule has 9 nitrogen and oxygen atoms in total. The first kappa shape index (κ1) is 18.8. The summed E-state index contributed by atoms with van der Waals surface area (Å²) in [5.41, 5.74) is 0.337. The van der Waals surface area contributed by atoms with E-state index in [4.69, 9.17) is 0 Å². The molecule has 4 rings (SSSR count). The second kappa shape index (κ2) is 7.47. The van der Waals surface area contributed by atoms with Crippen LogP contribution in [-0.4, -0.2) is 20.4 Å². The average Bonchev–Trinajstić information content (AvgIpc) is 2.74. The van der Waals surface area contributed by atoms with Crippen LogP contribution >= 0.6 is 0 Å². The zero-order chi connectivity index (χ0) is 21.3. The first-order valence-corrected chi connectivity index (χ1v) is 8.84. The van der Waals surface area contributed by atoms with Crippen LogP contribution in [0.25, 0.3) is 16.6 Å². The number of para-hydroxylation sites is 1. The molecule has 0 aliphatic heterocycles. The van der Waals surface area contributed by atoms with Crippen LogP contribution in [0.4, 0.5) is 11.4 Å². The predicted molar refractivity (Wildman–Crippen MR) is 111 cm³/mol. The number of aromatic nitrogens is 2. The minimum absolute atomic E-state index is 0.0802. The molecule has 0 atom stereocenters. The van der Waals surface area contributed by atoms with Crippen LogP contribution in [0.3, 0.4) is 0 Å². The number of nitro groups is 1. The molecule has 148 valence electrons. The summed E-state index contributed by atoms with van der Waals surface area (Å²) in [6.45, 7) is 0. The lowest BCUT2D eigenvalue weighted by Crippen LogP contribution is -2.33. The third-order valence-corrected chi connectivity index (χ3v) is 4.53. The van der Waals surface area contributed by atoms with Crippen molar-refractivity contribution >= 4 is 28.2 Å². The summed E-state index contributed by atoms with van der Waals surface area (Å²) in [5.74, 6) is -0.435. The molecule has 0 bridgehead atoms. The Labute approximate surface area is 168 Å². The summed E-state index contributed by atoms with van der Waals surface area (Å²) in [4.78, 5) is 50.3. The third-order valence-electron chi connectivity index (χ3n) is 4.53. The van der Waals surface area contributed by atoms with E-state index >= 15 is 0 Å². The van der Waals surface area contributed by atoms with Crippen molar-refractivity contribution < 1.29 is 9.72 Å². The average molecular weight is 402 g/mol. The molecule has 0 saturated heterocycles. The van der Waals surface area contributed by atoms with Crippen molar-refractivity contribution in [2.75, 3.05) is 5.32 Å². The first-order valence-electron chi connectivity index (χ1n) is 8.84. The van der Waals surface area contributed by atoms with Crippen LogP contribution in [-0.2, 0) is 0 Å². The topological polar surface area (TPSA) is 127 Å². The van der Waals surface area contributed by atoms with E-state index in [-0.39, 0.29) is 5.69 Å². The number of hydrogen-bond acceptors (Lipinski definition) is 5. The van der Waals surface area contributed by atoms with E-state index in [1.807, 2.05) is 0 Å². The Balaban J connectivity index is 1.61. The predicted octanol–water partition coefficient (Wildman–Crippen LogP) is 2.84. The maximum atomic E-state index is 12.7. The lowest BCUT2D eigenvalue weighted by atomic mass is 10.1. The van der Waals surface area contributed by atoms with E-state index < -0.39 is 22.1 Å². The minimum atomic E-state index is -0.582. The highest BCUT2D eigenvalue weighted by atomic mass is 16.6. The Kier molecular flexibility index (Phi) is 4.69. The van der Waals surface area contributed by atoms with Crippen LogP contribution in [0.1, 0.15) is 10.4 Å². The number of carbonyl (C=O) groups excluding carboxylic acids is 1. The van der Waals surface area contributed by atoms with Gasteiger partial charge in [0.15, 0.2) is 0 Å². The second-order valence-electron chi connectivity index (χ2n) is 6.42. The van der Waals surface area contributed by atoms with Gasteiger partial charge in [-0.05, 0) is 48.5 Å². The number of benzene rings is 3. The van der Waals surface area contributed by atoms with Crippen LogP contribution in [0.5, 0.6) is 0 Å². The monoisotopic (exact) mass is 402 g/mol. The number of carbonyl (C=O) groups is 1. The van der Waals surface area contributed by atoms with Gasteiger partial charge >= 0.3 is 5.69 Å². The van der Waals surface area contributed by atoms with E-state index in [0.29, 0.717) is 27.8 Å². The molecule has 0 fully saturated rings. The number of amides is 1. The van der Waals surface area contributed by atoms with Crippen molar-refractivity contribution in [1.82, 2.24) is 9.55 Å². The van der Waals surface area contributed by atoms with Crippen molar-refractivity contribution in [3.05, 3.63) is 109 Å². The van der Waals surface area contributed by atoms with E-state index in [1.54, 1.807) is 24.3 Å². The Morgan fingerprint density at radius 2 is 1.60 bits per heavy atom. The fourth-order valence-electron chi connectivity index (χ4n) is 3.03. The number of nitro benzene ring substituents is 1. The van der Waals surface area contributed by atoms with Crippen LogP contribution in [0.15, 0.2) is 82.4 Å². The fourth-order valence-corrected chi connectivity index (χ4v) is 3.03. The smallest absolute Gasteiger partial charge is 0.322 e. The molecule has 30 heavy (non-hydrogen) atoms. The maximum absolute atomic E-state index is 12.7. The molecule has 1 amide bonds. The molecule has 4 aromatic rings. The Morgan fingerprint density at radius 3 is 2.27 bits per heavy atom. The van der Waals surface area contributed by atoms with Gasteiger partial charge in [0.05, 0.1) is 21.5 Å². The van der Waals surface area contributed by atoms with Crippen LogP contribution in [0.2, 0.25) is 0 Å². The summed E-state index contributed by atoms with van der Waals surface area (Å²) in [6, 6.07) is 18.1. The highest BCUT2D eigenvalue weighted by molar-refractivity contribution is 6.04. The summed E-state index contributed by atoms with van der Waals surface area (Å²) in [6.07, 6.45) is 0. The van der Waals surface area contributed by atoms with Gasteiger partial charge in [-0.25, -0.2) is 9.36 Å². The SMILES string of the molecule is O=C(Nc1ccc([N+](=O)[O-])cc1)c1ccc(-n2c(=O)[nH]c3ccccc3c2=O)cc1. The van der Waals surface area contributed by atoms with Gasteiger partial charge < -0.3 is 10.3 Å². The first-order chi connectivity index (χ1) is 14.4. The quantitative estimate of drug-likeness (QED) is 0.401. The van der Waals surface area contributed by atoms with Gasteiger partial charge in [0.25, 0.3) is 17.2 Å². The zero-order valence-electron chi connectivity index (χ0n) is 15.4. The number of H-pyrrole nitrogens is 1. The summed E-state index contributed by atoms with van der Waals surface area (Å²) < 4.78 is 1.00. The normalized spacial score (nSPS) is 10.7. The molecule has 0 saturated carbocycles. The third kappa shape index (κ3) is 3.47. The van der Waals surface area contributed by atoms with Gasteiger partial charge in [-0.1, -0.05) is 12.1 Å². The van der Waals surface area contributed by atoms with Crippen molar-refractivity contribution in [3.8, 4) is 5.69 Å².